The molecule has 2 aliphatic rings. The van der Waals surface area contributed by atoms with Crippen LogP contribution >= 0.6 is 0 Å². The van der Waals surface area contributed by atoms with Gasteiger partial charge in [-0.25, -0.2) is 4.98 Å². The number of H-pyrrole nitrogens is 1. The molecule has 6 rings (SSSR count). The first kappa shape index (κ1) is 20.1. The molecule has 1 fully saturated rings. The summed E-state index contributed by atoms with van der Waals surface area (Å²) >= 11 is 0. The molecule has 0 saturated carbocycles. The van der Waals surface area contributed by atoms with Gasteiger partial charge in [-0.15, -0.1) is 0 Å². The number of carbonyl (C=O) groups excluding carboxylic acids is 1. The summed E-state index contributed by atoms with van der Waals surface area (Å²) in [7, 11) is 0. The predicted octanol–water partition coefficient (Wildman–Crippen LogP) is 4.56. The molecule has 1 atom stereocenters. The average Bonchev–Trinajstić information content (AvgIpc) is 3.53. The molecule has 0 unspecified atom stereocenters. The van der Waals surface area contributed by atoms with Crippen LogP contribution in [0.15, 0.2) is 55.0 Å². The number of carbonyl (C=O) groups is 1. The molecule has 166 valence electrons. The third kappa shape index (κ3) is 3.60. The zero-order valence-electron chi connectivity index (χ0n) is 18.8. The zero-order chi connectivity index (χ0) is 22.4. The minimum Gasteiger partial charge on any atom is -0.346 e. The van der Waals surface area contributed by atoms with Crippen molar-refractivity contribution in [1.29, 1.82) is 0 Å². The molecule has 4 aromatic rings. The van der Waals surface area contributed by atoms with E-state index in [9.17, 15) is 4.79 Å². The molecule has 1 amide bonds. The van der Waals surface area contributed by atoms with Crippen LogP contribution < -0.4 is 5.32 Å². The Labute approximate surface area is 193 Å². The Morgan fingerprint density at radius 2 is 2.09 bits per heavy atom. The van der Waals surface area contributed by atoms with Crippen molar-refractivity contribution < 1.29 is 4.79 Å². The fraction of sp³-hybridized carbons (Fsp3) is 0.296. The lowest BCUT2D eigenvalue weighted by molar-refractivity contribution is 0.0728. The quantitative estimate of drug-likeness (QED) is 0.493. The van der Waals surface area contributed by atoms with Gasteiger partial charge in [0.05, 0.1) is 0 Å². The van der Waals surface area contributed by atoms with Crippen LogP contribution in [0.4, 0.5) is 0 Å². The first-order valence-electron chi connectivity index (χ1n) is 11.7. The number of pyridine rings is 2. The van der Waals surface area contributed by atoms with Crippen LogP contribution in [0.25, 0.3) is 22.2 Å². The summed E-state index contributed by atoms with van der Waals surface area (Å²) in [6, 6.07) is 12.7. The molecule has 0 bridgehead atoms. The molecular formula is C27H27N5O. The van der Waals surface area contributed by atoms with Gasteiger partial charge in [0.1, 0.15) is 11.3 Å². The molecule has 3 aromatic heterocycles. The molecule has 2 aliphatic heterocycles. The summed E-state index contributed by atoms with van der Waals surface area (Å²) in [6.07, 6.45) is 8.80. The van der Waals surface area contributed by atoms with Crippen LogP contribution in [0.3, 0.4) is 0 Å². The average molecular weight is 438 g/mol. The Kier molecular flexibility index (Phi) is 4.95. The Morgan fingerprint density at radius 1 is 1.15 bits per heavy atom. The monoisotopic (exact) mass is 437 g/mol. The fourth-order valence-corrected chi connectivity index (χ4v) is 5.24. The van der Waals surface area contributed by atoms with Crippen molar-refractivity contribution >= 4 is 16.9 Å². The number of rotatable bonds is 3. The van der Waals surface area contributed by atoms with Crippen molar-refractivity contribution in [2.45, 2.75) is 38.8 Å². The van der Waals surface area contributed by atoms with Gasteiger partial charge in [0, 0.05) is 48.7 Å². The number of nitrogens with zero attached hydrogens (tertiary/aromatic N) is 3. The SMILES string of the molecule is Cc1c[nH]c2ncc(-c3cc4c(c([C@@H]5CCCN5)c3)CN(C(=O)c3ccccn3)CC4)cc12. The van der Waals surface area contributed by atoms with Gasteiger partial charge in [-0.3, -0.25) is 9.78 Å². The molecule has 0 aliphatic carbocycles. The third-order valence-corrected chi connectivity index (χ3v) is 7.06. The van der Waals surface area contributed by atoms with Gasteiger partial charge >= 0.3 is 0 Å². The van der Waals surface area contributed by atoms with Crippen LogP contribution in [-0.4, -0.2) is 38.8 Å². The van der Waals surface area contributed by atoms with Crippen LogP contribution in [0.5, 0.6) is 0 Å². The highest BCUT2D eigenvalue weighted by Crippen LogP contribution is 2.36. The summed E-state index contributed by atoms with van der Waals surface area (Å²) in [5.74, 6) is 0.00763. The normalized spacial score (nSPS) is 18.0. The van der Waals surface area contributed by atoms with E-state index in [1.54, 1.807) is 12.3 Å². The van der Waals surface area contributed by atoms with E-state index in [0.29, 0.717) is 24.8 Å². The molecule has 2 N–H and O–H groups in total. The van der Waals surface area contributed by atoms with Crippen molar-refractivity contribution in [3.05, 3.63) is 82.9 Å². The molecule has 33 heavy (non-hydrogen) atoms. The number of amides is 1. The first-order valence-corrected chi connectivity index (χ1v) is 11.7. The van der Waals surface area contributed by atoms with Crippen LogP contribution in [0.2, 0.25) is 0 Å². The Morgan fingerprint density at radius 3 is 2.91 bits per heavy atom. The van der Waals surface area contributed by atoms with E-state index in [4.69, 9.17) is 0 Å². The van der Waals surface area contributed by atoms with Gasteiger partial charge in [0.15, 0.2) is 0 Å². The minimum absolute atomic E-state index is 0.00763. The summed E-state index contributed by atoms with van der Waals surface area (Å²) in [5, 5.41) is 4.84. The molecular weight excluding hydrogens is 410 g/mol. The fourth-order valence-electron chi connectivity index (χ4n) is 5.24. The number of aromatic amines is 1. The number of benzene rings is 1. The number of nitrogens with one attached hydrogen (secondary N) is 2. The third-order valence-electron chi connectivity index (χ3n) is 7.06. The number of hydrogen-bond donors (Lipinski definition) is 2. The lowest BCUT2D eigenvalue weighted by atomic mass is 9.87. The topological polar surface area (TPSA) is 73.9 Å². The maximum Gasteiger partial charge on any atom is 0.272 e. The highest BCUT2D eigenvalue weighted by atomic mass is 16.2. The number of fused-ring (bicyclic) bond motifs is 2. The molecule has 1 saturated heterocycles. The van der Waals surface area contributed by atoms with E-state index >= 15 is 0 Å². The van der Waals surface area contributed by atoms with Gasteiger partial charge in [-0.05, 0) is 84.8 Å². The highest BCUT2D eigenvalue weighted by Gasteiger charge is 2.28. The maximum atomic E-state index is 13.1. The second-order valence-corrected chi connectivity index (χ2v) is 9.14. The largest absolute Gasteiger partial charge is 0.346 e. The van der Waals surface area contributed by atoms with Gasteiger partial charge in [0.2, 0.25) is 0 Å². The zero-order valence-corrected chi connectivity index (χ0v) is 18.8. The van der Waals surface area contributed by atoms with Crippen LogP contribution in [-0.2, 0) is 13.0 Å². The Hall–Kier alpha value is -3.51. The van der Waals surface area contributed by atoms with Crippen molar-refractivity contribution in [1.82, 2.24) is 25.2 Å². The van der Waals surface area contributed by atoms with E-state index in [1.807, 2.05) is 29.4 Å². The maximum absolute atomic E-state index is 13.1. The van der Waals surface area contributed by atoms with E-state index in [1.165, 1.54) is 34.2 Å². The lowest BCUT2D eigenvalue weighted by Crippen LogP contribution is -2.37. The van der Waals surface area contributed by atoms with E-state index in [-0.39, 0.29) is 5.91 Å². The summed E-state index contributed by atoms with van der Waals surface area (Å²) in [6.45, 7) is 4.48. The molecule has 0 radical (unpaired) electrons. The predicted molar refractivity (Wildman–Crippen MR) is 129 cm³/mol. The van der Waals surface area contributed by atoms with Gasteiger partial charge < -0.3 is 15.2 Å². The Balaban J connectivity index is 1.41. The minimum atomic E-state index is 0.00763. The van der Waals surface area contributed by atoms with Gasteiger partial charge in [-0.2, -0.15) is 0 Å². The lowest BCUT2D eigenvalue weighted by Gasteiger charge is -2.32. The van der Waals surface area contributed by atoms with E-state index in [0.717, 1.165) is 36.0 Å². The van der Waals surface area contributed by atoms with Crippen molar-refractivity contribution in [3.8, 4) is 11.1 Å². The van der Waals surface area contributed by atoms with Crippen LogP contribution in [0, 0.1) is 6.92 Å². The smallest absolute Gasteiger partial charge is 0.272 e. The standard InChI is InChI=1S/C27H27N5O/c1-17-14-30-26-21(17)13-20(15-31-26)19-11-18-7-10-32(27(33)25-5-2-3-8-29-25)16-23(18)22(12-19)24-6-4-9-28-24/h2-3,5,8,11-15,24,28H,4,6-7,9-10,16H2,1H3,(H,30,31)/t24-/m0/s1. The van der Waals surface area contributed by atoms with E-state index in [2.05, 4.69) is 45.4 Å². The summed E-state index contributed by atoms with van der Waals surface area (Å²) < 4.78 is 0. The molecule has 1 aromatic carbocycles. The second-order valence-electron chi connectivity index (χ2n) is 9.14. The van der Waals surface area contributed by atoms with Crippen molar-refractivity contribution in [2.24, 2.45) is 0 Å². The van der Waals surface area contributed by atoms with Crippen molar-refractivity contribution in [3.63, 3.8) is 0 Å². The highest BCUT2D eigenvalue weighted by molar-refractivity contribution is 5.92. The molecule has 6 nitrogen and oxygen atoms in total. The van der Waals surface area contributed by atoms with Gasteiger partial charge in [0.25, 0.3) is 5.91 Å². The number of hydrogen-bond acceptors (Lipinski definition) is 4. The van der Waals surface area contributed by atoms with E-state index < -0.39 is 0 Å². The summed E-state index contributed by atoms with van der Waals surface area (Å²) in [4.78, 5) is 27.2. The first-order chi connectivity index (χ1) is 16.2. The van der Waals surface area contributed by atoms with Gasteiger partial charge in [-0.1, -0.05) is 12.1 Å². The van der Waals surface area contributed by atoms with Crippen LogP contribution in [0.1, 0.15) is 51.6 Å². The number of aryl methyl sites for hydroxylation is 1. The number of aromatic nitrogens is 3. The Bertz CT molecular complexity index is 1340. The molecule has 6 heteroatoms. The molecule has 5 heterocycles. The second kappa shape index (κ2) is 8.12. The van der Waals surface area contributed by atoms with Crippen molar-refractivity contribution in [2.75, 3.05) is 13.1 Å². The molecule has 0 spiro atoms. The summed E-state index contributed by atoms with van der Waals surface area (Å²) in [5.41, 5.74) is 8.95.